The number of benzene rings is 3. The average Bonchev–Trinajstić information content (AvgIpc) is 3.30. The van der Waals surface area contributed by atoms with E-state index in [0.717, 1.165) is 27.1 Å². The summed E-state index contributed by atoms with van der Waals surface area (Å²) in [6.45, 7) is 0.593. The van der Waals surface area contributed by atoms with Crippen LogP contribution in [0.15, 0.2) is 95.1 Å². The number of fused-ring (bicyclic) bond motifs is 4. The van der Waals surface area contributed by atoms with Crippen LogP contribution in [0.25, 0.3) is 32.7 Å². The van der Waals surface area contributed by atoms with Crippen molar-refractivity contribution < 1.29 is 5.11 Å². The second kappa shape index (κ2) is 7.32. The maximum absolute atomic E-state index is 13.3. The molecule has 1 N–H and O–H groups in total. The molecule has 0 atom stereocenters. The minimum atomic E-state index is -0.274. The lowest BCUT2D eigenvalue weighted by molar-refractivity contribution is 0.512. The van der Waals surface area contributed by atoms with E-state index in [4.69, 9.17) is 0 Å². The summed E-state index contributed by atoms with van der Waals surface area (Å²) >= 11 is 1.54. The fourth-order valence-corrected chi connectivity index (χ4v) is 5.47. The molecule has 0 unspecified atom stereocenters. The molecule has 0 saturated heterocycles. The highest BCUT2D eigenvalue weighted by atomic mass is 32.1. The molecular weight excluding hydrogens is 416 g/mol. The third kappa shape index (κ3) is 2.82. The van der Waals surface area contributed by atoms with Gasteiger partial charge in [0.15, 0.2) is 0 Å². The Labute approximate surface area is 188 Å². The topological polar surface area (TPSA) is 55.1 Å². The van der Waals surface area contributed by atoms with Gasteiger partial charge in [0, 0.05) is 16.5 Å². The molecule has 5 aromatic rings. The van der Waals surface area contributed by atoms with Crippen molar-refractivity contribution in [1.29, 1.82) is 0 Å². The van der Waals surface area contributed by atoms with E-state index in [1.165, 1.54) is 0 Å². The lowest BCUT2D eigenvalue weighted by Gasteiger charge is -2.25. The molecule has 0 bridgehead atoms. The Balaban J connectivity index is 1.68. The molecule has 1 aliphatic rings. The molecule has 3 aromatic carbocycles. The van der Waals surface area contributed by atoms with Crippen LogP contribution in [-0.4, -0.2) is 14.7 Å². The monoisotopic (exact) mass is 434 g/mol. The van der Waals surface area contributed by atoms with E-state index in [9.17, 15) is 9.90 Å². The Morgan fingerprint density at radius 2 is 1.56 bits per heavy atom. The number of nitrogens with zero attached hydrogens (tertiary/aromatic N) is 2. The maximum atomic E-state index is 13.3. The molecule has 154 valence electrons. The number of aliphatic hydroxyl groups is 1. The quantitative estimate of drug-likeness (QED) is 0.342. The van der Waals surface area contributed by atoms with Gasteiger partial charge in [-0.3, -0.25) is 4.79 Å². The number of rotatable bonds is 2. The van der Waals surface area contributed by atoms with Crippen LogP contribution in [0.2, 0.25) is 0 Å². The van der Waals surface area contributed by atoms with Gasteiger partial charge in [-0.05, 0) is 16.7 Å². The summed E-state index contributed by atoms with van der Waals surface area (Å²) in [4.78, 5) is 18.7. The standard InChI is InChI=1S/C27H18N2O2S/c30-24(18-11-5-2-6-12-18)22-20-14-8-7-13-19(20)15-29-25(22)28-26(31)23-21(16-32-27(23)29)17-9-3-1-4-10-17/h1-14,16,30H,15H2/b24-22-. The molecule has 0 aliphatic carbocycles. The number of aliphatic hydroxyl groups excluding tert-OH is 1. The first-order chi connectivity index (χ1) is 15.7. The fourth-order valence-electron chi connectivity index (χ4n) is 4.40. The van der Waals surface area contributed by atoms with Crippen molar-refractivity contribution in [3.8, 4) is 11.1 Å². The van der Waals surface area contributed by atoms with Gasteiger partial charge in [0.2, 0.25) is 0 Å². The van der Waals surface area contributed by atoms with E-state index in [1.807, 2.05) is 84.2 Å². The van der Waals surface area contributed by atoms with Gasteiger partial charge in [-0.15, -0.1) is 11.3 Å². The van der Waals surface area contributed by atoms with Crippen molar-refractivity contribution in [2.24, 2.45) is 0 Å². The predicted molar refractivity (Wildman–Crippen MR) is 130 cm³/mol. The molecule has 1 aliphatic heterocycles. The van der Waals surface area contributed by atoms with Gasteiger partial charge < -0.3 is 9.67 Å². The third-order valence-corrected chi connectivity index (χ3v) is 6.90. The number of thiophene rings is 1. The molecule has 5 heteroatoms. The smallest absolute Gasteiger partial charge is 0.282 e. The van der Waals surface area contributed by atoms with E-state index in [0.29, 0.717) is 28.9 Å². The molecule has 4 nitrogen and oxygen atoms in total. The highest BCUT2D eigenvalue weighted by Gasteiger charge is 2.28. The van der Waals surface area contributed by atoms with Crippen molar-refractivity contribution in [1.82, 2.24) is 9.55 Å². The zero-order valence-corrected chi connectivity index (χ0v) is 17.8. The highest BCUT2D eigenvalue weighted by molar-refractivity contribution is 7.17. The summed E-state index contributed by atoms with van der Waals surface area (Å²) in [6.07, 6.45) is 0. The maximum Gasteiger partial charge on any atom is 0.282 e. The Morgan fingerprint density at radius 3 is 2.34 bits per heavy atom. The number of hydrogen-bond donors (Lipinski definition) is 1. The molecule has 0 spiro atoms. The summed E-state index contributed by atoms with van der Waals surface area (Å²) in [5.41, 5.74) is 4.89. The van der Waals surface area contributed by atoms with Gasteiger partial charge in [-0.1, -0.05) is 84.9 Å². The van der Waals surface area contributed by atoms with Crippen molar-refractivity contribution >= 4 is 32.9 Å². The molecule has 0 fully saturated rings. The normalized spacial score (nSPS) is 14.1. The van der Waals surface area contributed by atoms with Crippen molar-refractivity contribution in [2.45, 2.75) is 6.54 Å². The van der Waals surface area contributed by atoms with Crippen LogP contribution in [-0.2, 0) is 6.54 Å². The fraction of sp³-hybridized carbons (Fsp3) is 0.0370. The Kier molecular flexibility index (Phi) is 4.30. The first-order valence-electron chi connectivity index (χ1n) is 10.4. The molecule has 0 saturated carbocycles. The van der Waals surface area contributed by atoms with E-state index >= 15 is 0 Å². The predicted octanol–water partition coefficient (Wildman–Crippen LogP) is 5.96. The number of aromatic nitrogens is 2. The van der Waals surface area contributed by atoms with Crippen molar-refractivity contribution in [3.05, 3.63) is 123 Å². The van der Waals surface area contributed by atoms with Gasteiger partial charge >= 0.3 is 0 Å². The van der Waals surface area contributed by atoms with E-state index in [1.54, 1.807) is 11.3 Å². The van der Waals surface area contributed by atoms with Crippen LogP contribution in [0, 0.1) is 0 Å². The van der Waals surface area contributed by atoms with Gasteiger partial charge in [-0.25, -0.2) is 0 Å². The molecule has 3 heterocycles. The summed E-state index contributed by atoms with van der Waals surface area (Å²) in [6, 6.07) is 27.3. The Morgan fingerprint density at radius 1 is 0.875 bits per heavy atom. The summed E-state index contributed by atoms with van der Waals surface area (Å²) in [5.74, 6) is 0.626. The minimum Gasteiger partial charge on any atom is -0.507 e. The second-order valence-electron chi connectivity index (χ2n) is 7.77. The van der Waals surface area contributed by atoms with Crippen LogP contribution < -0.4 is 5.56 Å². The van der Waals surface area contributed by atoms with Crippen molar-refractivity contribution in [2.75, 3.05) is 0 Å². The zero-order chi connectivity index (χ0) is 21.7. The van der Waals surface area contributed by atoms with Crippen molar-refractivity contribution in [3.63, 3.8) is 0 Å². The van der Waals surface area contributed by atoms with Gasteiger partial charge in [0.25, 0.3) is 5.56 Å². The summed E-state index contributed by atoms with van der Waals surface area (Å²) in [7, 11) is 0. The zero-order valence-electron chi connectivity index (χ0n) is 17.0. The third-order valence-electron chi connectivity index (χ3n) is 5.90. The largest absolute Gasteiger partial charge is 0.507 e. The van der Waals surface area contributed by atoms with Crippen LogP contribution in [0.4, 0.5) is 0 Å². The Hall–Kier alpha value is -3.96. The van der Waals surface area contributed by atoms with Crippen LogP contribution in [0.5, 0.6) is 0 Å². The molecule has 0 radical (unpaired) electrons. The minimum absolute atomic E-state index is 0.123. The first kappa shape index (κ1) is 18.8. The van der Waals surface area contributed by atoms with Gasteiger partial charge in [-0.2, -0.15) is 4.98 Å². The van der Waals surface area contributed by atoms with E-state index in [-0.39, 0.29) is 11.3 Å². The summed E-state index contributed by atoms with van der Waals surface area (Å²) < 4.78 is 2.06. The first-order valence-corrected chi connectivity index (χ1v) is 11.2. The summed E-state index contributed by atoms with van der Waals surface area (Å²) in [5, 5.41) is 14.0. The second-order valence-corrected chi connectivity index (χ2v) is 8.63. The van der Waals surface area contributed by atoms with Crippen LogP contribution in [0.3, 0.4) is 0 Å². The molecule has 2 aromatic heterocycles. The van der Waals surface area contributed by atoms with E-state index < -0.39 is 0 Å². The molecule has 6 rings (SSSR count). The lowest BCUT2D eigenvalue weighted by Crippen LogP contribution is -2.23. The molecule has 32 heavy (non-hydrogen) atoms. The van der Waals surface area contributed by atoms with Crippen LogP contribution in [0.1, 0.15) is 22.5 Å². The van der Waals surface area contributed by atoms with Gasteiger partial charge in [0.05, 0.1) is 17.5 Å². The number of hydrogen-bond acceptors (Lipinski definition) is 4. The van der Waals surface area contributed by atoms with E-state index in [2.05, 4.69) is 15.6 Å². The van der Waals surface area contributed by atoms with Gasteiger partial charge in [0.1, 0.15) is 16.4 Å². The lowest BCUT2D eigenvalue weighted by atomic mass is 9.92. The van der Waals surface area contributed by atoms with Crippen LogP contribution >= 0.6 is 11.3 Å². The Bertz CT molecular complexity index is 1560. The highest BCUT2D eigenvalue weighted by Crippen LogP contribution is 2.39. The molecular formula is C27H18N2O2S. The molecule has 0 amide bonds. The average molecular weight is 435 g/mol. The SMILES string of the molecule is O=c1nc2n(c3scc(-c4ccccc4)c13)Cc1ccccc1/C2=C(/O)c1ccccc1.